The van der Waals surface area contributed by atoms with Crippen molar-refractivity contribution in [2.24, 2.45) is 5.92 Å². The third kappa shape index (κ3) is 5.52. The van der Waals surface area contributed by atoms with Crippen LogP contribution in [-0.4, -0.2) is 0 Å². The van der Waals surface area contributed by atoms with Crippen molar-refractivity contribution >= 4 is 11.3 Å². The van der Waals surface area contributed by atoms with E-state index in [1.807, 2.05) is 0 Å². The molecule has 1 aromatic carbocycles. The summed E-state index contributed by atoms with van der Waals surface area (Å²) in [5.41, 5.74) is 18.9. The second kappa shape index (κ2) is 9.64. The average molecular weight is 487 g/mol. The predicted molar refractivity (Wildman–Crippen MR) is 108 cm³/mol. The van der Waals surface area contributed by atoms with Crippen molar-refractivity contribution < 1.29 is 51.0 Å². The molecule has 0 aliphatic heterocycles. The van der Waals surface area contributed by atoms with Gasteiger partial charge in [0, 0.05) is 5.92 Å². The molecule has 0 amide bonds. The Morgan fingerprint density at radius 3 is 1.63 bits per heavy atom. The summed E-state index contributed by atoms with van der Waals surface area (Å²) in [6.45, 7) is 22.4. The van der Waals surface area contributed by atoms with Gasteiger partial charge in [0.05, 0.1) is 0 Å². The third-order valence-corrected chi connectivity index (χ3v) is 5.74. The van der Waals surface area contributed by atoms with E-state index in [9.17, 15) is 0 Å². The SMILES string of the molecule is CC1=C(C)C(C)C(c2cc(C(C)(C)C)cc(C(C)(C)C)c2[NH-])=C1C.[Cl-].[Cl-].[Zr+3]. The first-order valence-corrected chi connectivity index (χ1v) is 9.06. The molecule has 0 spiro atoms. The molecule has 2 rings (SSSR count). The van der Waals surface area contributed by atoms with E-state index in [1.165, 1.54) is 27.9 Å². The summed E-state index contributed by atoms with van der Waals surface area (Å²) in [5, 5.41) is 0. The van der Waals surface area contributed by atoms with Gasteiger partial charge < -0.3 is 30.5 Å². The number of allylic oxidation sites excluding steroid dienone is 4. The smallest absolute Gasteiger partial charge is 1.00 e. The molecule has 4 heteroatoms. The second-order valence-corrected chi connectivity index (χ2v) is 9.51. The van der Waals surface area contributed by atoms with Crippen LogP contribution in [0.2, 0.25) is 0 Å². The maximum Gasteiger partial charge on any atom is 3.00 e. The first kappa shape index (κ1) is 29.2. The van der Waals surface area contributed by atoms with Crippen molar-refractivity contribution in [3.05, 3.63) is 51.3 Å². The molecule has 1 unspecified atom stereocenters. The Hall–Kier alpha value is -0.0369. The van der Waals surface area contributed by atoms with Gasteiger partial charge in [-0.2, -0.15) is 0 Å². The van der Waals surface area contributed by atoms with Crippen molar-refractivity contribution in [1.82, 2.24) is 0 Å². The molecule has 0 saturated heterocycles. The van der Waals surface area contributed by atoms with Crippen molar-refractivity contribution in [1.29, 1.82) is 0 Å². The zero-order valence-corrected chi connectivity index (χ0v) is 22.5. The Morgan fingerprint density at radius 1 is 0.815 bits per heavy atom. The van der Waals surface area contributed by atoms with Gasteiger partial charge >= 0.3 is 26.2 Å². The zero-order chi connectivity index (χ0) is 18.6. The summed E-state index contributed by atoms with van der Waals surface area (Å²) in [6, 6.07) is 4.53. The van der Waals surface area contributed by atoms with Crippen LogP contribution in [0.4, 0.5) is 5.69 Å². The summed E-state index contributed by atoms with van der Waals surface area (Å²) >= 11 is 0. The number of benzene rings is 1. The summed E-state index contributed by atoms with van der Waals surface area (Å²) in [7, 11) is 0. The average Bonchev–Trinajstić information content (AvgIpc) is 2.61. The van der Waals surface area contributed by atoms with E-state index in [-0.39, 0.29) is 61.8 Å². The van der Waals surface area contributed by atoms with Gasteiger partial charge in [-0.3, -0.25) is 0 Å². The van der Waals surface area contributed by atoms with E-state index in [0.29, 0.717) is 11.6 Å². The molecule has 1 aliphatic carbocycles. The van der Waals surface area contributed by atoms with Crippen LogP contribution in [0.1, 0.15) is 85.9 Å². The minimum Gasteiger partial charge on any atom is -1.00 e. The molecule has 27 heavy (non-hydrogen) atoms. The maximum atomic E-state index is 8.93. The fourth-order valence-electron chi connectivity index (χ4n) is 3.68. The van der Waals surface area contributed by atoms with Gasteiger partial charge in [-0.1, -0.05) is 71.7 Å². The van der Waals surface area contributed by atoms with Gasteiger partial charge in [0.1, 0.15) is 0 Å². The Balaban J connectivity index is 0. The number of halogens is 2. The van der Waals surface area contributed by atoms with E-state index in [4.69, 9.17) is 5.73 Å². The molecule has 0 heterocycles. The van der Waals surface area contributed by atoms with Crippen molar-refractivity contribution in [3.63, 3.8) is 0 Å². The quantitative estimate of drug-likeness (QED) is 0.578. The van der Waals surface area contributed by atoms with Crippen LogP contribution in [0.3, 0.4) is 0 Å². The molecule has 0 saturated carbocycles. The standard InChI is InChI=1S/C23H34N.2ClH.Zr/c1-13-14(2)16(4)20(15(13)3)18-11-17(22(5,6)7)12-19(21(18)24)23(8,9)10;;;/h11-12,15,24H,1-10H3;2*1H;/q-1;;;+3/p-2. The minimum absolute atomic E-state index is 0. The van der Waals surface area contributed by atoms with Crippen molar-refractivity contribution in [2.75, 3.05) is 0 Å². The van der Waals surface area contributed by atoms with Gasteiger partial charge in [0.2, 0.25) is 0 Å². The molecule has 1 nitrogen and oxygen atoms in total. The Morgan fingerprint density at radius 2 is 1.30 bits per heavy atom. The first-order valence-electron chi connectivity index (χ1n) is 9.06. The molecule has 1 aromatic rings. The largest absolute Gasteiger partial charge is 3.00 e. The minimum atomic E-state index is -0.0269. The van der Waals surface area contributed by atoms with E-state index in [1.54, 1.807) is 0 Å². The van der Waals surface area contributed by atoms with Gasteiger partial charge in [0.25, 0.3) is 0 Å². The zero-order valence-electron chi connectivity index (χ0n) is 18.5. The van der Waals surface area contributed by atoms with Crippen LogP contribution in [0.25, 0.3) is 11.3 Å². The normalized spacial score (nSPS) is 17.3. The fourth-order valence-corrected chi connectivity index (χ4v) is 3.68. The Kier molecular flexibility index (Phi) is 10.4. The van der Waals surface area contributed by atoms with Crippen LogP contribution in [0.15, 0.2) is 28.9 Å². The van der Waals surface area contributed by atoms with Crippen LogP contribution in [0.5, 0.6) is 0 Å². The van der Waals surface area contributed by atoms with Gasteiger partial charge in [-0.05, 0) is 59.4 Å². The summed E-state index contributed by atoms with van der Waals surface area (Å²) in [4.78, 5) is 0. The molecule has 0 bridgehead atoms. The van der Waals surface area contributed by atoms with E-state index in [0.717, 1.165) is 11.1 Å². The second-order valence-electron chi connectivity index (χ2n) is 9.51. The predicted octanol–water partition coefficient (Wildman–Crippen LogP) is 1.73. The molecule has 1 aliphatic rings. The molecule has 0 fully saturated rings. The van der Waals surface area contributed by atoms with Crippen molar-refractivity contribution in [3.8, 4) is 0 Å². The summed E-state index contributed by atoms with van der Waals surface area (Å²) in [6.07, 6.45) is 0. The maximum absolute atomic E-state index is 8.93. The first-order chi connectivity index (χ1) is 10.8. The van der Waals surface area contributed by atoms with Crippen LogP contribution < -0.4 is 24.8 Å². The fraction of sp³-hybridized carbons (Fsp3) is 0.565. The van der Waals surface area contributed by atoms with Crippen LogP contribution in [-0.2, 0) is 37.0 Å². The van der Waals surface area contributed by atoms with E-state index < -0.39 is 0 Å². The molecular weight excluding hydrogens is 452 g/mol. The molecule has 0 aromatic heterocycles. The summed E-state index contributed by atoms with van der Waals surface area (Å²) < 4.78 is 0. The topological polar surface area (TPSA) is 23.8 Å². The van der Waals surface area contributed by atoms with Gasteiger partial charge in [0.15, 0.2) is 0 Å². The molecule has 1 N–H and O–H groups in total. The Labute approximate surface area is 198 Å². The summed E-state index contributed by atoms with van der Waals surface area (Å²) in [5.74, 6) is 0.400. The molecule has 149 valence electrons. The van der Waals surface area contributed by atoms with E-state index >= 15 is 0 Å². The third-order valence-electron chi connectivity index (χ3n) is 5.74. The van der Waals surface area contributed by atoms with Crippen LogP contribution >= 0.6 is 0 Å². The molecular formula is C23H34Cl2NZr. The number of hydrogen-bond acceptors (Lipinski definition) is 0. The molecule has 1 atom stereocenters. The van der Waals surface area contributed by atoms with Crippen molar-refractivity contribution in [2.45, 2.75) is 80.1 Å². The molecule has 1 radical (unpaired) electrons. The monoisotopic (exact) mass is 484 g/mol. The van der Waals surface area contributed by atoms with Crippen LogP contribution in [0, 0.1) is 5.92 Å². The number of rotatable bonds is 1. The van der Waals surface area contributed by atoms with Gasteiger partial charge in [-0.15, -0.1) is 5.69 Å². The Bertz CT molecular complexity index is 747. The van der Waals surface area contributed by atoms with Gasteiger partial charge in [-0.25, -0.2) is 0 Å². The number of hydrogen-bond donors (Lipinski definition) is 0. The van der Waals surface area contributed by atoms with E-state index in [2.05, 4.69) is 81.4 Å². The number of nitrogens with one attached hydrogen (secondary N) is 1.